The van der Waals surface area contributed by atoms with Crippen molar-refractivity contribution in [3.05, 3.63) is 57.5 Å². The zero-order valence-electron chi connectivity index (χ0n) is 12.1. The van der Waals surface area contributed by atoms with Gasteiger partial charge in [0.05, 0.1) is 7.11 Å². The topological polar surface area (TPSA) is 64.6 Å². The Morgan fingerprint density at radius 3 is 2.52 bits per heavy atom. The highest BCUT2D eigenvalue weighted by atomic mass is 79.9. The molecule has 120 valence electrons. The lowest BCUT2D eigenvalue weighted by atomic mass is 10.2. The van der Waals surface area contributed by atoms with Gasteiger partial charge < -0.3 is 14.8 Å². The van der Waals surface area contributed by atoms with Crippen molar-refractivity contribution < 1.29 is 19.1 Å². The number of benzene rings is 2. The lowest BCUT2D eigenvalue weighted by Crippen LogP contribution is -2.21. The van der Waals surface area contributed by atoms with Gasteiger partial charge in [-0.1, -0.05) is 27.5 Å². The van der Waals surface area contributed by atoms with E-state index in [1.54, 1.807) is 18.2 Å². The predicted molar refractivity (Wildman–Crippen MR) is 91.1 cm³/mol. The molecule has 0 heterocycles. The van der Waals surface area contributed by atoms with Crippen molar-refractivity contribution in [1.29, 1.82) is 0 Å². The fourth-order valence-electron chi connectivity index (χ4n) is 1.77. The Morgan fingerprint density at radius 1 is 1.17 bits per heavy atom. The van der Waals surface area contributed by atoms with Crippen LogP contribution in [-0.4, -0.2) is 25.6 Å². The SMILES string of the molecule is COC(=O)c1ccc(Cl)cc1OCC(=O)Nc1ccc(Br)cc1. The number of anilines is 1. The molecule has 23 heavy (non-hydrogen) atoms. The molecule has 0 saturated heterocycles. The first-order valence-corrected chi connectivity index (χ1v) is 7.73. The number of methoxy groups -OCH3 is 1. The average molecular weight is 399 g/mol. The predicted octanol–water partition coefficient (Wildman–Crippen LogP) is 3.91. The molecule has 0 unspecified atom stereocenters. The third kappa shape index (κ3) is 4.97. The van der Waals surface area contributed by atoms with Crippen LogP contribution in [0.4, 0.5) is 5.69 Å². The van der Waals surface area contributed by atoms with E-state index in [0.717, 1.165) is 4.47 Å². The molecular weight excluding hydrogens is 386 g/mol. The first-order chi connectivity index (χ1) is 11.0. The lowest BCUT2D eigenvalue weighted by Gasteiger charge is -2.11. The van der Waals surface area contributed by atoms with Crippen molar-refractivity contribution in [2.75, 3.05) is 19.0 Å². The molecular formula is C16H13BrClNO4. The van der Waals surface area contributed by atoms with E-state index in [1.807, 2.05) is 12.1 Å². The average Bonchev–Trinajstić information content (AvgIpc) is 2.54. The molecule has 2 aromatic rings. The first kappa shape index (κ1) is 17.3. The minimum atomic E-state index is -0.565. The summed E-state index contributed by atoms with van der Waals surface area (Å²) in [7, 11) is 1.26. The van der Waals surface area contributed by atoms with Crippen LogP contribution >= 0.6 is 27.5 Å². The standard InChI is InChI=1S/C16H13BrClNO4/c1-22-16(21)13-7-4-11(18)8-14(13)23-9-15(20)19-12-5-2-10(17)3-6-12/h2-8H,9H2,1H3,(H,19,20). The van der Waals surface area contributed by atoms with Crippen LogP contribution in [0.3, 0.4) is 0 Å². The number of amides is 1. The van der Waals surface area contributed by atoms with Crippen LogP contribution in [0.15, 0.2) is 46.9 Å². The van der Waals surface area contributed by atoms with Crippen LogP contribution in [0.1, 0.15) is 10.4 Å². The van der Waals surface area contributed by atoms with Gasteiger partial charge in [-0.3, -0.25) is 4.79 Å². The summed E-state index contributed by atoms with van der Waals surface area (Å²) < 4.78 is 11.0. The highest BCUT2D eigenvalue weighted by Crippen LogP contribution is 2.24. The summed E-state index contributed by atoms with van der Waals surface area (Å²) in [6.45, 7) is -0.263. The molecule has 0 aliphatic rings. The van der Waals surface area contributed by atoms with Gasteiger partial charge in [-0.2, -0.15) is 0 Å². The van der Waals surface area contributed by atoms with Crippen molar-refractivity contribution in [3.8, 4) is 5.75 Å². The number of halogens is 2. The van der Waals surface area contributed by atoms with Gasteiger partial charge in [0.25, 0.3) is 5.91 Å². The molecule has 0 atom stereocenters. The van der Waals surface area contributed by atoms with Gasteiger partial charge >= 0.3 is 5.97 Å². The molecule has 0 radical (unpaired) electrons. The number of ether oxygens (including phenoxy) is 2. The van der Waals surface area contributed by atoms with E-state index in [1.165, 1.54) is 19.2 Å². The Bertz CT molecular complexity index is 719. The van der Waals surface area contributed by atoms with E-state index in [-0.39, 0.29) is 23.8 Å². The molecule has 1 amide bonds. The third-order valence-corrected chi connectivity index (χ3v) is 3.60. The number of hydrogen-bond acceptors (Lipinski definition) is 4. The van der Waals surface area contributed by atoms with Crippen molar-refractivity contribution >= 4 is 45.1 Å². The molecule has 0 aliphatic heterocycles. The molecule has 2 aromatic carbocycles. The van der Waals surface area contributed by atoms with Crippen molar-refractivity contribution in [3.63, 3.8) is 0 Å². The number of carbonyl (C=O) groups excluding carboxylic acids is 2. The molecule has 0 fully saturated rings. The summed E-state index contributed by atoms with van der Waals surface area (Å²) in [5, 5.41) is 3.07. The zero-order valence-corrected chi connectivity index (χ0v) is 14.5. The lowest BCUT2D eigenvalue weighted by molar-refractivity contribution is -0.118. The fourth-order valence-corrected chi connectivity index (χ4v) is 2.19. The van der Waals surface area contributed by atoms with E-state index in [4.69, 9.17) is 16.3 Å². The summed E-state index contributed by atoms with van der Waals surface area (Å²) in [6.07, 6.45) is 0. The number of rotatable bonds is 5. The van der Waals surface area contributed by atoms with Gasteiger partial charge in [-0.25, -0.2) is 4.79 Å². The minimum absolute atomic E-state index is 0.190. The van der Waals surface area contributed by atoms with Crippen LogP contribution in [0.5, 0.6) is 5.75 Å². The molecule has 1 N–H and O–H groups in total. The molecule has 7 heteroatoms. The van der Waals surface area contributed by atoms with Gasteiger partial charge in [0.2, 0.25) is 0 Å². The summed E-state index contributed by atoms with van der Waals surface area (Å²) in [5.41, 5.74) is 0.842. The second kappa shape index (κ2) is 7.99. The Hall–Kier alpha value is -2.05. The van der Waals surface area contributed by atoms with E-state index < -0.39 is 5.97 Å². The summed E-state index contributed by atoms with van der Waals surface area (Å²) in [4.78, 5) is 23.6. The van der Waals surface area contributed by atoms with Crippen molar-refractivity contribution in [2.24, 2.45) is 0 Å². The Kier molecular flexibility index (Phi) is 6.01. The maximum atomic E-state index is 11.9. The van der Waals surface area contributed by atoms with Crippen molar-refractivity contribution in [1.82, 2.24) is 0 Å². The molecule has 5 nitrogen and oxygen atoms in total. The fraction of sp³-hybridized carbons (Fsp3) is 0.125. The van der Waals surface area contributed by atoms with Gasteiger partial charge in [-0.15, -0.1) is 0 Å². The Morgan fingerprint density at radius 2 is 1.87 bits per heavy atom. The molecule has 2 rings (SSSR count). The van der Waals surface area contributed by atoms with Crippen LogP contribution < -0.4 is 10.1 Å². The van der Waals surface area contributed by atoms with Gasteiger partial charge in [0, 0.05) is 15.2 Å². The summed E-state index contributed by atoms with van der Waals surface area (Å²) >= 11 is 9.20. The summed E-state index contributed by atoms with van der Waals surface area (Å²) in [6, 6.07) is 11.6. The van der Waals surface area contributed by atoms with E-state index >= 15 is 0 Å². The smallest absolute Gasteiger partial charge is 0.341 e. The normalized spacial score (nSPS) is 10.0. The maximum Gasteiger partial charge on any atom is 0.341 e. The number of carbonyl (C=O) groups is 2. The van der Waals surface area contributed by atoms with Gasteiger partial charge in [0.1, 0.15) is 11.3 Å². The summed E-state index contributed by atoms with van der Waals surface area (Å²) in [5.74, 6) is -0.733. The van der Waals surface area contributed by atoms with Crippen LogP contribution in [0.25, 0.3) is 0 Å². The van der Waals surface area contributed by atoms with Gasteiger partial charge in [0.15, 0.2) is 6.61 Å². The van der Waals surface area contributed by atoms with E-state index in [9.17, 15) is 9.59 Å². The largest absolute Gasteiger partial charge is 0.483 e. The highest BCUT2D eigenvalue weighted by molar-refractivity contribution is 9.10. The van der Waals surface area contributed by atoms with Gasteiger partial charge in [-0.05, 0) is 42.5 Å². The quantitative estimate of drug-likeness (QED) is 0.776. The number of nitrogens with one attached hydrogen (secondary N) is 1. The molecule has 0 aliphatic carbocycles. The van der Waals surface area contributed by atoms with Crippen LogP contribution in [0, 0.1) is 0 Å². The zero-order chi connectivity index (χ0) is 16.8. The first-order valence-electron chi connectivity index (χ1n) is 6.55. The van der Waals surface area contributed by atoms with Crippen LogP contribution in [0.2, 0.25) is 5.02 Å². The van der Waals surface area contributed by atoms with Crippen molar-refractivity contribution in [2.45, 2.75) is 0 Å². The second-order valence-corrected chi connectivity index (χ2v) is 5.83. The monoisotopic (exact) mass is 397 g/mol. The second-order valence-electron chi connectivity index (χ2n) is 4.48. The third-order valence-electron chi connectivity index (χ3n) is 2.84. The van der Waals surface area contributed by atoms with E-state index in [2.05, 4.69) is 26.0 Å². The Balaban J connectivity index is 2.02. The number of hydrogen-bond donors (Lipinski definition) is 1. The van der Waals surface area contributed by atoms with Crippen LogP contribution in [-0.2, 0) is 9.53 Å². The number of esters is 1. The highest BCUT2D eigenvalue weighted by Gasteiger charge is 2.15. The minimum Gasteiger partial charge on any atom is -0.483 e. The molecule has 0 spiro atoms. The Labute approximate surface area is 146 Å². The molecule has 0 saturated carbocycles. The maximum absolute atomic E-state index is 11.9. The molecule has 0 aromatic heterocycles. The van der Waals surface area contributed by atoms with E-state index in [0.29, 0.717) is 10.7 Å². The molecule has 0 bridgehead atoms.